The zero-order valence-corrected chi connectivity index (χ0v) is 19.5. The molecule has 5 rings (SSSR count). The number of Topliss-reactive ketones (excluding diaryl/α,β-unsaturated/α-hetero) is 1. The van der Waals surface area contributed by atoms with Crippen molar-refractivity contribution >= 4 is 34.7 Å². The van der Waals surface area contributed by atoms with E-state index in [1.807, 2.05) is 0 Å². The van der Waals surface area contributed by atoms with Gasteiger partial charge < -0.3 is 24.6 Å². The molecule has 0 saturated carbocycles. The van der Waals surface area contributed by atoms with Crippen LogP contribution < -0.4 is 24.4 Å². The van der Waals surface area contributed by atoms with Crippen LogP contribution in [0.15, 0.2) is 72.3 Å². The number of aliphatic hydroxyl groups is 1. The smallest absolute Gasteiger partial charge is 0.300 e. The standard InChI is InChI=1S/C27H22N2O7/c1-15(30)28-17-8-10-18(11-9-17)29-24(19-5-3-4-6-20(19)34-2)23(26(32)27(29)33)25(31)16-7-12-21-22(13-16)36-14-35-21/h3-13,24,31H,14H2,1-2H3,(H,28,30)/b25-23+. The first-order valence-corrected chi connectivity index (χ1v) is 11.1. The van der Waals surface area contributed by atoms with Gasteiger partial charge in [0.25, 0.3) is 11.7 Å². The Morgan fingerprint density at radius 2 is 1.75 bits per heavy atom. The van der Waals surface area contributed by atoms with Crippen LogP contribution in [0.4, 0.5) is 11.4 Å². The SMILES string of the molecule is COc1ccccc1C1/C(=C(\O)c2ccc3c(c2)OCO3)C(=O)C(=O)N1c1ccc(NC(C)=O)cc1. The molecule has 3 aromatic rings. The third-order valence-corrected chi connectivity index (χ3v) is 5.99. The van der Waals surface area contributed by atoms with Crippen molar-refractivity contribution in [1.29, 1.82) is 0 Å². The average Bonchev–Trinajstić information content (AvgIpc) is 3.45. The maximum Gasteiger partial charge on any atom is 0.300 e. The summed E-state index contributed by atoms with van der Waals surface area (Å²) in [5.41, 5.74) is 1.68. The Balaban J connectivity index is 1.68. The van der Waals surface area contributed by atoms with Gasteiger partial charge in [-0.2, -0.15) is 0 Å². The van der Waals surface area contributed by atoms with Crippen LogP contribution in [0.25, 0.3) is 5.76 Å². The number of benzene rings is 3. The molecule has 2 N–H and O–H groups in total. The van der Waals surface area contributed by atoms with Gasteiger partial charge in [0.1, 0.15) is 11.5 Å². The summed E-state index contributed by atoms with van der Waals surface area (Å²) >= 11 is 0. The second kappa shape index (κ2) is 9.10. The van der Waals surface area contributed by atoms with Gasteiger partial charge in [0, 0.05) is 29.4 Å². The number of nitrogens with one attached hydrogen (secondary N) is 1. The van der Waals surface area contributed by atoms with Gasteiger partial charge in [-0.25, -0.2) is 0 Å². The third kappa shape index (κ3) is 3.90. The molecule has 1 atom stereocenters. The van der Waals surface area contributed by atoms with Crippen LogP contribution in [-0.4, -0.2) is 36.6 Å². The summed E-state index contributed by atoms with van der Waals surface area (Å²) in [7, 11) is 1.49. The zero-order chi connectivity index (χ0) is 25.4. The van der Waals surface area contributed by atoms with E-state index in [4.69, 9.17) is 14.2 Å². The van der Waals surface area contributed by atoms with E-state index in [0.29, 0.717) is 39.8 Å². The van der Waals surface area contributed by atoms with Crippen LogP contribution >= 0.6 is 0 Å². The Hall–Kier alpha value is -4.79. The number of carbonyl (C=O) groups excluding carboxylic acids is 3. The van der Waals surface area contributed by atoms with Crippen LogP contribution in [-0.2, 0) is 14.4 Å². The van der Waals surface area contributed by atoms with E-state index in [-0.39, 0.29) is 24.0 Å². The van der Waals surface area contributed by atoms with Gasteiger partial charge in [0.15, 0.2) is 11.5 Å². The number of amides is 2. The van der Waals surface area contributed by atoms with Crippen molar-refractivity contribution in [2.45, 2.75) is 13.0 Å². The largest absolute Gasteiger partial charge is 0.507 e. The summed E-state index contributed by atoms with van der Waals surface area (Å²) < 4.78 is 16.3. The van der Waals surface area contributed by atoms with E-state index < -0.39 is 17.7 Å². The Labute approximate surface area is 206 Å². The summed E-state index contributed by atoms with van der Waals surface area (Å²) in [5, 5.41) is 14.0. The minimum atomic E-state index is -0.974. The molecule has 1 saturated heterocycles. The monoisotopic (exact) mass is 486 g/mol. The van der Waals surface area contributed by atoms with Crippen LogP contribution in [0.1, 0.15) is 24.1 Å². The lowest BCUT2D eigenvalue weighted by atomic mass is 9.94. The average molecular weight is 486 g/mol. The number of nitrogens with zero attached hydrogens (tertiary/aromatic N) is 1. The first-order chi connectivity index (χ1) is 17.4. The normalized spacial score (nSPS) is 17.8. The first-order valence-electron chi connectivity index (χ1n) is 11.1. The fourth-order valence-corrected chi connectivity index (χ4v) is 4.39. The molecule has 0 spiro atoms. The molecule has 2 heterocycles. The lowest BCUT2D eigenvalue weighted by Crippen LogP contribution is -2.29. The van der Waals surface area contributed by atoms with Crippen molar-refractivity contribution in [2.75, 3.05) is 24.1 Å². The number of ketones is 1. The molecule has 36 heavy (non-hydrogen) atoms. The molecule has 182 valence electrons. The molecule has 3 aromatic carbocycles. The fraction of sp³-hybridized carbons (Fsp3) is 0.148. The van der Waals surface area contributed by atoms with Gasteiger partial charge >= 0.3 is 0 Å². The van der Waals surface area contributed by atoms with E-state index in [2.05, 4.69) is 5.32 Å². The number of fused-ring (bicyclic) bond motifs is 1. The number of carbonyl (C=O) groups is 3. The molecular weight excluding hydrogens is 464 g/mol. The Kier molecular flexibility index (Phi) is 5.81. The van der Waals surface area contributed by atoms with Crippen molar-refractivity contribution in [2.24, 2.45) is 0 Å². The highest BCUT2D eigenvalue weighted by molar-refractivity contribution is 6.51. The van der Waals surface area contributed by atoms with Crippen molar-refractivity contribution < 1.29 is 33.7 Å². The van der Waals surface area contributed by atoms with Crippen molar-refractivity contribution in [3.63, 3.8) is 0 Å². The van der Waals surface area contributed by atoms with Crippen LogP contribution in [0.2, 0.25) is 0 Å². The fourth-order valence-electron chi connectivity index (χ4n) is 4.39. The summed E-state index contributed by atoms with van der Waals surface area (Å²) in [4.78, 5) is 39.4. The number of rotatable bonds is 5. The molecule has 0 aliphatic carbocycles. The van der Waals surface area contributed by atoms with E-state index in [1.54, 1.807) is 66.7 Å². The maximum absolute atomic E-state index is 13.4. The highest BCUT2D eigenvalue weighted by atomic mass is 16.7. The molecule has 0 bridgehead atoms. The minimum absolute atomic E-state index is 0.0552. The molecule has 2 aliphatic rings. The molecule has 0 aromatic heterocycles. The predicted octanol–water partition coefficient (Wildman–Crippen LogP) is 4.01. The second-order valence-corrected chi connectivity index (χ2v) is 8.21. The quantitative estimate of drug-likeness (QED) is 0.318. The zero-order valence-electron chi connectivity index (χ0n) is 19.5. The van der Waals surface area contributed by atoms with Crippen LogP contribution in [0.5, 0.6) is 17.2 Å². The second-order valence-electron chi connectivity index (χ2n) is 8.21. The third-order valence-electron chi connectivity index (χ3n) is 5.99. The lowest BCUT2D eigenvalue weighted by Gasteiger charge is -2.26. The van der Waals surface area contributed by atoms with Gasteiger partial charge in [-0.05, 0) is 48.5 Å². The van der Waals surface area contributed by atoms with E-state index in [1.165, 1.54) is 18.9 Å². The maximum atomic E-state index is 13.4. The summed E-state index contributed by atoms with van der Waals surface area (Å²) in [6.07, 6.45) is 0. The molecule has 9 nitrogen and oxygen atoms in total. The number of para-hydroxylation sites is 1. The summed E-state index contributed by atoms with van der Waals surface area (Å²) in [6, 6.07) is 17.3. The lowest BCUT2D eigenvalue weighted by molar-refractivity contribution is -0.132. The van der Waals surface area contributed by atoms with Gasteiger partial charge in [-0.1, -0.05) is 18.2 Å². The summed E-state index contributed by atoms with van der Waals surface area (Å²) in [6.45, 7) is 1.45. The molecule has 9 heteroatoms. The van der Waals surface area contributed by atoms with E-state index in [9.17, 15) is 19.5 Å². The molecular formula is C27H22N2O7. The van der Waals surface area contributed by atoms with E-state index >= 15 is 0 Å². The number of hydrogen-bond donors (Lipinski definition) is 2. The van der Waals surface area contributed by atoms with Gasteiger partial charge in [-0.3, -0.25) is 19.3 Å². The van der Waals surface area contributed by atoms with Crippen molar-refractivity contribution in [1.82, 2.24) is 0 Å². The molecule has 0 radical (unpaired) electrons. The molecule has 2 amide bonds. The Morgan fingerprint density at radius 3 is 2.47 bits per heavy atom. The molecule has 1 unspecified atom stereocenters. The van der Waals surface area contributed by atoms with Gasteiger partial charge in [0.2, 0.25) is 12.7 Å². The first kappa shape index (κ1) is 23.0. The predicted molar refractivity (Wildman–Crippen MR) is 131 cm³/mol. The Bertz CT molecular complexity index is 1410. The highest BCUT2D eigenvalue weighted by Crippen LogP contribution is 2.45. The summed E-state index contributed by atoms with van der Waals surface area (Å²) in [5.74, 6) is -0.836. The topological polar surface area (TPSA) is 114 Å². The number of anilines is 2. The van der Waals surface area contributed by atoms with Crippen molar-refractivity contribution in [3.8, 4) is 17.2 Å². The minimum Gasteiger partial charge on any atom is -0.507 e. The van der Waals surface area contributed by atoms with E-state index in [0.717, 1.165) is 0 Å². The molecule has 2 aliphatic heterocycles. The molecule has 1 fully saturated rings. The number of hydrogen-bond acceptors (Lipinski definition) is 7. The van der Waals surface area contributed by atoms with Gasteiger partial charge in [-0.15, -0.1) is 0 Å². The Morgan fingerprint density at radius 1 is 1.03 bits per heavy atom. The number of ether oxygens (including phenoxy) is 3. The number of aliphatic hydroxyl groups excluding tert-OH is 1. The van der Waals surface area contributed by atoms with Gasteiger partial charge in [0.05, 0.1) is 18.7 Å². The number of methoxy groups -OCH3 is 1. The highest BCUT2D eigenvalue weighted by Gasteiger charge is 2.48. The van der Waals surface area contributed by atoms with Crippen LogP contribution in [0.3, 0.4) is 0 Å². The van der Waals surface area contributed by atoms with Crippen LogP contribution in [0, 0.1) is 0 Å². The van der Waals surface area contributed by atoms with Crippen molar-refractivity contribution in [3.05, 3.63) is 83.4 Å².